The molecule has 2 aromatic heterocycles. The molecule has 0 aliphatic carbocycles. The zero-order chi connectivity index (χ0) is 11.7. The topological polar surface area (TPSA) is 34.9 Å². The van der Waals surface area contributed by atoms with Gasteiger partial charge in [0.05, 0.1) is 10.6 Å². The summed E-state index contributed by atoms with van der Waals surface area (Å²) in [5, 5.41) is 6.28. The van der Waals surface area contributed by atoms with Crippen LogP contribution in [0.4, 0.5) is 0 Å². The van der Waals surface area contributed by atoms with Crippen molar-refractivity contribution in [2.75, 3.05) is 0 Å². The fourth-order valence-electron chi connectivity index (χ4n) is 1.59. The molecule has 4 heteroatoms. The fourth-order valence-corrected chi connectivity index (χ4v) is 2.25. The molecule has 0 saturated heterocycles. The van der Waals surface area contributed by atoms with Gasteiger partial charge in [-0.3, -0.25) is 9.48 Å². The number of hydrogen-bond acceptors (Lipinski definition) is 3. The quantitative estimate of drug-likeness (QED) is 0.765. The number of hydrogen-bond donors (Lipinski definition) is 0. The van der Waals surface area contributed by atoms with E-state index in [1.165, 1.54) is 16.9 Å². The third-order valence-corrected chi connectivity index (χ3v) is 3.74. The molecule has 0 saturated carbocycles. The Morgan fingerprint density at radius 2 is 2.19 bits per heavy atom. The van der Waals surface area contributed by atoms with Crippen LogP contribution in [0.15, 0.2) is 17.5 Å². The second kappa shape index (κ2) is 4.22. The highest BCUT2D eigenvalue weighted by Crippen LogP contribution is 2.14. The van der Waals surface area contributed by atoms with Gasteiger partial charge in [-0.05, 0) is 37.8 Å². The van der Waals surface area contributed by atoms with Gasteiger partial charge in [-0.1, -0.05) is 6.07 Å². The average molecular weight is 234 g/mol. The first-order valence-electron chi connectivity index (χ1n) is 5.17. The van der Waals surface area contributed by atoms with Gasteiger partial charge in [-0.25, -0.2) is 0 Å². The maximum absolute atomic E-state index is 11.9. The summed E-state index contributed by atoms with van der Waals surface area (Å²) in [6.07, 6.45) is 0. The van der Waals surface area contributed by atoms with Crippen LogP contribution in [-0.4, -0.2) is 15.6 Å². The van der Waals surface area contributed by atoms with Crippen LogP contribution in [0.1, 0.15) is 26.6 Å². The fraction of sp³-hybridized carbons (Fsp3) is 0.333. The summed E-state index contributed by atoms with van der Waals surface area (Å²) in [4.78, 5) is 12.7. The molecule has 2 aromatic rings. The minimum absolute atomic E-state index is 0.126. The molecule has 0 aliphatic heterocycles. The molecule has 2 rings (SSSR count). The number of thiophene rings is 1. The highest BCUT2D eigenvalue weighted by molar-refractivity contribution is 7.12. The van der Waals surface area contributed by atoms with Crippen molar-refractivity contribution in [3.8, 4) is 0 Å². The Morgan fingerprint density at radius 3 is 2.69 bits per heavy atom. The number of aryl methyl sites for hydroxylation is 1. The van der Waals surface area contributed by atoms with Gasteiger partial charge in [-0.2, -0.15) is 5.10 Å². The molecule has 2 heterocycles. The first-order chi connectivity index (χ1) is 7.59. The number of carbonyl (C=O) groups excluding carboxylic acids is 1. The van der Waals surface area contributed by atoms with Crippen molar-refractivity contribution in [2.24, 2.45) is 0 Å². The smallest absolute Gasteiger partial charge is 0.194 e. The molecule has 0 spiro atoms. The van der Waals surface area contributed by atoms with E-state index < -0.39 is 0 Å². The first kappa shape index (κ1) is 11.1. The number of aromatic nitrogens is 2. The van der Waals surface area contributed by atoms with Crippen molar-refractivity contribution in [1.29, 1.82) is 0 Å². The van der Waals surface area contributed by atoms with Gasteiger partial charge in [0.2, 0.25) is 0 Å². The molecule has 16 heavy (non-hydrogen) atoms. The molecule has 0 N–H and O–H groups in total. The van der Waals surface area contributed by atoms with Gasteiger partial charge >= 0.3 is 0 Å². The van der Waals surface area contributed by atoms with Crippen LogP contribution in [0, 0.1) is 20.8 Å². The minimum atomic E-state index is 0.126. The predicted octanol–water partition coefficient (Wildman–Crippen LogP) is 2.75. The van der Waals surface area contributed by atoms with Gasteiger partial charge in [-0.15, -0.1) is 11.3 Å². The van der Waals surface area contributed by atoms with Gasteiger partial charge in [0, 0.05) is 5.69 Å². The first-order valence-corrected chi connectivity index (χ1v) is 6.05. The van der Waals surface area contributed by atoms with E-state index in [9.17, 15) is 4.79 Å². The average Bonchev–Trinajstić information content (AvgIpc) is 2.85. The molecule has 0 fully saturated rings. The molecule has 84 valence electrons. The third-order valence-electron chi connectivity index (χ3n) is 2.83. The molecule has 0 atom stereocenters. The molecule has 0 bridgehead atoms. The van der Waals surface area contributed by atoms with E-state index in [1.54, 1.807) is 4.68 Å². The van der Waals surface area contributed by atoms with Crippen LogP contribution in [-0.2, 0) is 6.54 Å². The Balaban J connectivity index is 2.22. The van der Waals surface area contributed by atoms with Gasteiger partial charge in [0.1, 0.15) is 6.54 Å². The summed E-state index contributed by atoms with van der Waals surface area (Å²) in [7, 11) is 0. The normalized spacial score (nSPS) is 10.7. The Morgan fingerprint density at radius 1 is 1.44 bits per heavy atom. The highest BCUT2D eigenvalue weighted by atomic mass is 32.1. The largest absolute Gasteiger partial charge is 0.291 e. The lowest BCUT2D eigenvalue weighted by molar-refractivity contribution is 0.0970. The highest BCUT2D eigenvalue weighted by Gasteiger charge is 2.12. The van der Waals surface area contributed by atoms with Gasteiger partial charge in [0.25, 0.3) is 0 Å². The lowest BCUT2D eigenvalue weighted by atomic mass is 10.2. The van der Waals surface area contributed by atoms with Crippen molar-refractivity contribution in [1.82, 2.24) is 9.78 Å². The van der Waals surface area contributed by atoms with Gasteiger partial charge < -0.3 is 0 Å². The molecule has 3 nitrogen and oxygen atoms in total. The van der Waals surface area contributed by atoms with E-state index in [0.717, 1.165) is 16.3 Å². The zero-order valence-corrected chi connectivity index (χ0v) is 10.5. The second-order valence-corrected chi connectivity index (χ2v) is 4.80. The number of carbonyl (C=O) groups is 1. The van der Waals surface area contributed by atoms with Crippen LogP contribution < -0.4 is 0 Å². The Hall–Kier alpha value is -1.42. The summed E-state index contributed by atoms with van der Waals surface area (Å²) in [5.74, 6) is 0.126. The second-order valence-electron chi connectivity index (χ2n) is 3.85. The molecule has 0 aliphatic rings. The van der Waals surface area contributed by atoms with E-state index in [-0.39, 0.29) is 5.78 Å². The number of nitrogens with zero attached hydrogens (tertiary/aromatic N) is 2. The number of ketones is 1. The predicted molar refractivity (Wildman–Crippen MR) is 65.1 cm³/mol. The van der Waals surface area contributed by atoms with Crippen LogP contribution >= 0.6 is 11.3 Å². The Bertz CT molecular complexity index is 511. The van der Waals surface area contributed by atoms with Crippen LogP contribution in [0.25, 0.3) is 0 Å². The SMILES string of the molecule is Cc1nn(CC(=O)c2cccs2)c(C)c1C. The van der Waals surface area contributed by atoms with Crippen molar-refractivity contribution in [2.45, 2.75) is 27.3 Å². The number of Topliss-reactive ketones (excluding diaryl/α,β-unsaturated/α-hetero) is 1. The summed E-state index contributed by atoms with van der Waals surface area (Å²) in [5.41, 5.74) is 3.23. The minimum Gasteiger partial charge on any atom is -0.291 e. The standard InChI is InChI=1S/C12H14N2OS/c1-8-9(2)13-14(10(8)3)7-11(15)12-5-4-6-16-12/h4-6H,7H2,1-3H3. The van der Waals surface area contributed by atoms with Crippen LogP contribution in [0.5, 0.6) is 0 Å². The molecule has 0 amide bonds. The van der Waals surface area contributed by atoms with Crippen molar-refractivity contribution >= 4 is 17.1 Å². The summed E-state index contributed by atoms with van der Waals surface area (Å²) < 4.78 is 1.78. The molecule has 0 aromatic carbocycles. The Kier molecular flexibility index (Phi) is 2.92. The zero-order valence-electron chi connectivity index (χ0n) is 9.65. The molecule has 0 unspecified atom stereocenters. The van der Waals surface area contributed by atoms with Gasteiger partial charge in [0.15, 0.2) is 5.78 Å². The summed E-state index contributed by atoms with van der Waals surface area (Å²) in [6.45, 7) is 6.33. The van der Waals surface area contributed by atoms with Crippen LogP contribution in [0.3, 0.4) is 0 Å². The lowest BCUT2D eigenvalue weighted by Crippen LogP contribution is -2.12. The Labute approximate surface area is 98.7 Å². The molecular formula is C12H14N2OS. The van der Waals surface area contributed by atoms with E-state index >= 15 is 0 Å². The van der Waals surface area contributed by atoms with Crippen LogP contribution in [0.2, 0.25) is 0 Å². The summed E-state index contributed by atoms with van der Waals surface area (Å²) >= 11 is 1.48. The lowest BCUT2D eigenvalue weighted by Gasteiger charge is -2.02. The number of rotatable bonds is 3. The molecule has 0 radical (unpaired) electrons. The van der Waals surface area contributed by atoms with Crippen molar-refractivity contribution in [3.63, 3.8) is 0 Å². The van der Waals surface area contributed by atoms with E-state index in [0.29, 0.717) is 6.54 Å². The molecular weight excluding hydrogens is 220 g/mol. The van der Waals surface area contributed by atoms with E-state index in [4.69, 9.17) is 0 Å². The van der Waals surface area contributed by atoms with Crippen molar-refractivity contribution in [3.05, 3.63) is 39.3 Å². The van der Waals surface area contributed by atoms with E-state index in [2.05, 4.69) is 5.10 Å². The summed E-state index contributed by atoms with van der Waals surface area (Å²) in [6, 6.07) is 3.75. The maximum Gasteiger partial charge on any atom is 0.194 e. The third kappa shape index (κ3) is 1.93. The maximum atomic E-state index is 11.9. The van der Waals surface area contributed by atoms with E-state index in [1.807, 2.05) is 38.3 Å². The monoisotopic (exact) mass is 234 g/mol. The van der Waals surface area contributed by atoms with Crippen molar-refractivity contribution < 1.29 is 4.79 Å².